The van der Waals surface area contributed by atoms with E-state index in [1.165, 1.54) is 17.8 Å². The molecule has 1 aromatic carbocycles. The predicted molar refractivity (Wildman–Crippen MR) is 106 cm³/mol. The average Bonchev–Trinajstić information content (AvgIpc) is 2.57. The van der Waals surface area contributed by atoms with Crippen LogP contribution in [-0.2, 0) is 20.8 Å². The van der Waals surface area contributed by atoms with Crippen LogP contribution >= 0.6 is 23.4 Å². The van der Waals surface area contributed by atoms with E-state index < -0.39 is 12.1 Å². The Labute approximate surface area is 168 Å². The third-order valence-electron chi connectivity index (χ3n) is 3.97. The number of hydrogen-bond donors (Lipinski definition) is 1. The lowest BCUT2D eigenvalue weighted by Gasteiger charge is -2.34. The van der Waals surface area contributed by atoms with E-state index in [1.807, 2.05) is 24.3 Å². The fourth-order valence-electron chi connectivity index (χ4n) is 2.81. The van der Waals surface area contributed by atoms with Gasteiger partial charge in [0.25, 0.3) is 0 Å². The van der Waals surface area contributed by atoms with Gasteiger partial charge in [0, 0.05) is 36.0 Å². The van der Waals surface area contributed by atoms with Crippen LogP contribution in [0, 0.1) is 0 Å². The molecule has 2 rings (SSSR count). The second kappa shape index (κ2) is 10.6. The number of likely N-dealkylation sites (tertiary alicyclic amines) is 1. The van der Waals surface area contributed by atoms with Gasteiger partial charge in [-0.3, -0.25) is 4.90 Å². The lowest BCUT2D eigenvalue weighted by atomic mass is 10.0. The van der Waals surface area contributed by atoms with Crippen molar-refractivity contribution in [3.05, 3.63) is 46.5 Å². The first-order valence-electron chi connectivity index (χ1n) is 8.69. The van der Waals surface area contributed by atoms with Crippen LogP contribution in [0.15, 0.2) is 35.9 Å². The zero-order chi connectivity index (χ0) is 19.8. The van der Waals surface area contributed by atoms with Crippen molar-refractivity contribution in [1.29, 1.82) is 0 Å². The molecular weight excluding hydrogens is 390 g/mol. The summed E-state index contributed by atoms with van der Waals surface area (Å²) >= 11 is 7.63. The molecule has 0 spiro atoms. The highest BCUT2D eigenvalue weighted by Crippen LogP contribution is 2.29. The minimum absolute atomic E-state index is 0.0181. The molecule has 0 aromatic heterocycles. The minimum Gasteiger partial charge on any atom is -0.478 e. The number of nitrogens with zero attached hydrogens (tertiary/aromatic N) is 1. The van der Waals surface area contributed by atoms with Gasteiger partial charge >= 0.3 is 12.1 Å². The van der Waals surface area contributed by atoms with Crippen LogP contribution in [-0.4, -0.2) is 52.5 Å². The number of benzene rings is 1. The Bertz CT molecular complexity index is 694. The Kier molecular flexibility index (Phi) is 8.47. The van der Waals surface area contributed by atoms with E-state index in [0.29, 0.717) is 18.1 Å². The predicted octanol–water partition coefficient (Wildman–Crippen LogP) is 4.18. The van der Waals surface area contributed by atoms with Crippen molar-refractivity contribution in [2.75, 3.05) is 19.0 Å². The number of carbonyl (C=O) groups excluding carboxylic acids is 1. The summed E-state index contributed by atoms with van der Waals surface area (Å²) in [4.78, 5) is 24.8. The number of halogens is 1. The molecular formula is C19H24ClNO5S. The molecule has 8 heteroatoms. The molecule has 0 amide bonds. The Hall–Kier alpha value is -1.70. The van der Waals surface area contributed by atoms with E-state index in [2.05, 4.69) is 4.90 Å². The van der Waals surface area contributed by atoms with Gasteiger partial charge in [-0.05, 0) is 37.5 Å². The van der Waals surface area contributed by atoms with Gasteiger partial charge in [0.1, 0.15) is 5.94 Å². The minimum atomic E-state index is -0.977. The number of ether oxygens (including phenoxy) is 2. The summed E-state index contributed by atoms with van der Waals surface area (Å²) in [5, 5.41) is 9.87. The van der Waals surface area contributed by atoms with Gasteiger partial charge in [0.2, 0.25) is 0 Å². The molecule has 148 valence electrons. The highest BCUT2D eigenvalue weighted by molar-refractivity contribution is 7.99. The van der Waals surface area contributed by atoms with Gasteiger partial charge in [-0.2, -0.15) is 0 Å². The zero-order valence-electron chi connectivity index (χ0n) is 15.4. The van der Waals surface area contributed by atoms with E-state index >= 15 is 0 Å². The van der Waals surface area contributed by atoms with Crippen molar-refractivity contribution in [3.63, 3.8) is 0 Å². The van der Waals surface area contributed by atoms with Crippen LogP contribution < -0.4 is 0 Å². The highest BCUT2D eigenvalue weighted by Gasteiger charge is 2.26. The van der Waals surface area contributed by atoms with Crippen LogP contribution in [0.4, 0.5) is 4.79 Å². The summed E-state index contributed by atoms with van der Waals surface area (Å²) in [6, 6.07) is 7.64. The molecule has 1 saturated heterocycles. The third-order valence-corrected chi connectivity index (χ3v) is 5.53. The first-order valence-corrected chi connectivity index (χ1v) is 10.1. The van der Waals surface area contributed by atoms with E-state index in [0.717, 1.165) is 24.1 Å². The topological polar surface area (TPSA) is 76.1 Å². The SMILES string of the molecule is CC(C)OC(=O)OCSC1CCN(Cc2ccccc2Cl)C/C1=C/C(=O)O. The van der Waals surface area contributed by atoms with E-state index in [1.54, 1.807) is 13.8 Å². The molecule has 6 nitrogen and oxygen atoms in total. The van der Waals surface area contributed by atoms with E-state index in [-0.39, 0.29) is 17.3 Å². The van der Waals surface area contributed by atoms with Gasteiger partial charge in [0.15, 0.2) is 0 Å². The van der Waals surface area contributed by atoms with Gasteiger partial charge in [-0.1, -0.05) is 29.8 Å². The van der Waals surface area contributed by atoms with Crippen LogP contribution in [0.25, 0.3) is 0 Å². The van der Waals surface area contributed by atoms with Crippen LogP contribution in [0.2, 0.25) is 5.02 Å². The summed E-state index contributed by atoms with van der Waals surface area (Å²) in [6.07, 6.45) is 1.06. The number of carboxylic acid groups (broad SMARTS) is 1. The number of carbonyl (C=O) groups is 2. The smallest absolute Gasteiger partial charge is 0.478 e. The number of rotatable bonds is 7. The van der Waals surface area contributed by atoms with Gasteiger partial charge < -0.3 is 14.6 Å². The summed E-state index contributed by atoms with van der Waals surface area (Å²) in [5.74, 6) is -0.854. The number of thioether (sulfide) groups is 1. The van der Waals surface area contributed by atoms with Crippen LogP contribution in [0.1, 0.15) is 25.8 Å². The fourth-order valence-corrected chi connectivity index (χ4v) is 3.96. The molecule has 27 heavy (non-hydrogen) atoms. The van der Waals surface area contributed by atoms with Crippen molar-refractivity contribution in [3.8, 4) is 0 Å². The largest absolute Gasteiger partial charge is 0.509 e. The number of piperidine rings is 1. The van der Waals surface area contributed by atoms with Crippen molar-refractivity contribution in [2.24, 2.45) is 0 Å². The molecule has 1 aliphatic heterocycles. The summed E-state index contributed by atoms with van der Waals surface area (Å²) in [5.41, 5.74) is 1.81. The molecule has 0 saturated carbocycles. The normalized spacial score (nSPS) is 19.3. The quantitative estimate of drug-likeness (QED) is 0.408. The molecule has 1 heterocycles. The van der Waals surface area contributed by atoms with Crippen molar-refractivity contribution >= 4 is 35.5 Å². The number of hydrogen-bond acceptors (Lipinski definition) is 6. The molecule has 1 aliphatic rings. The number of aliphatic carboxylic acids is 1. The van der Waals surface area contributed by atoms with Crippen molar-refractivity contribution in [1.82, 2.24) is 4.90 Å². The lowest BCUT2D eigenvalue weighted by Crippen LogP contribution is -2.37. The van der Waals surface area contributed by atoms with Crippen LogP contribution in [0.5, 0.6) is 0 Å². The molecule has 1 unspecified atom stereocenters. The van der Waals surface area contributed by atoms with E-state index in [4.69, 9.17) is 21.1 Å². The van der Waals surface area contributed by atoms with Gasteiger partial charge in [-0.15, -0.1) is 11.8 Å². The Balaban J connectivity index is 1.93. The number of carboxylic acids is 1. The van der Waals surface area contributed by atoms with E-state index in [9.17, 15) is 14.7 Å². The highest BCUT2D eigenvalue weighted by atomic mass is 35.5. The van der Waals surface area contributed by atoms with Gasteiger partial charge in [-0.25, -0.2) is 9.59 Å². The molecule has 0 aliphatic carbocycles. The molecule has 0 bridgehead atoms. The standard InChI is InChI=1S/C19H24ClNO5S/c1-13(2)26-19(24)25-12-27-17-7-8-21(11-15(17)9-18(22)23)10-14-5-3-4-6-16(14)20/h3-6,9,13,17H,7-8,10-12H2,1-2H3,(H,22,23)/b15-9-. The monoisotopic (exact) mass is 413 g/mol. The average molecular weight is 414 g/mol. The second-order valence-corrected chi connectivity index (χ2v) is 8.03. The Morgan fingerprint density at radius 2 is 2.15 bits per heavy atom. The maximum atomic E-state index is 11.5. The summed E-state index contributed by atoms with van der Waals surface area (Å²) < 4.78 is 9.96. The Morgan fingerprint density at radius 1 is 1.41 bits per heavy atom. The van der Waals surface area contributed by atoms with Crippen molar-refractivity contribution < 1.29 is 24.2 Å². The molecule has 1 N–H and O–H groups in total. The molecule has 0 radical (unpaired) electrons. The summed E-state index contributed by atoms with van der Waals surface area (Å²) in [6.45, 7) is 5.49. The van der Waals surface area contributed by atoms with Gasteiger partial charge in [0.05, 0.1) is 6.10 Å². The summed E-state index contributed by atoms with van der Waals surface area (Å²) in [7, 11) is 0. The Morgan fingerprint density at radius 3 is 2.81 bits per heavy atom. The first-order chi connectivity index (χ1) is 12.8. The molecule has 1 fully saturated rings. The third kappa shape index (κ3) is 7.44. The zero-order valence-corrected chi connectivity index (χ0v) is 17.0. The second-order valence-electron chi connectivity index (χ2n) is 6.48. The lowest BCUT2D eigenvalue weighted by molar-refractivity contribution is -0.131. The van der Waals surface area contributed by atoms with Crippen LogP contribution in [0.3, 0.4) is 0 Å². The van der Waals surface area contributed by atoms with Crippen molar-refractivity contribution in [2.45, 2.75) is 38.2 Å². The molecule has 1 atom stereocenters. The maximum Gasteiger partial charge on any atom is 0.509 e. The molecule has 1 aromatic rings. The first kappa shape index (κ1) is 21.6. The fraction of sp³-hybridized carbons (Fsp3) is 0.474. The maximum absolute atomic E-state index is 11.5.